The molecule has 0 radical (unpaired) electrons. The first-order valence-electron chi connectivity index (χ1n) is 8.38. The number of nitrogens with one attached hydrogen (secondary N) is 1. The highest BCUT2D eigenvalue weighted by Crippen LogP contribution is 2.32. The van der Waals surface area contributed by atoms with Crippen LogP contribution in [0.2, 0.25) is 0 Å². The average molecular weight is 338 g/mol. The lowest BCUT2D eigenvalue weighted by atomic mass is 9.95. The minimum absolute atomic E-state index is 0.0677. The molecule has 3 nitrogen and oxygen atoms in total. The molecule has 126 valence electrons. The molecule has 0 spiro atoms. The number of nitrogens with two attached hydrogens (primary N) is 1. The van der Waals surface area contributed by atoms with E-state index in [0.717, 1.165) is 38.6 Å². The van der Waals surface area contributed by atoms with E-state index in [1.807, 2.05) is 42.5 Å². The van der Waals surface area contributed by atoms with Gasteiger partial charge in [-0.3, -0.25) is 5.41 Å². The van der Waals surface area contributed by atoms with Crippen LogP contribution in [0.15, 0.2) is 83.7 Å². The van der Waals surface area contributed by atoms with Gasteiger partial charge in [0.2, 0.25) is 0 Å². The van der Waals surface area contributed by atoms with Crippen LogP contribution in [0, 0.1) is 5.41 Å². The highest BCUT2D eigenvalue weighted by Gasteiger charge is 2.09. The highest BCUT2D eigenvalue weighted by atomic mass is 16.3. The molecule has 1 aromatic heterocycles. The fourth-order valence-corrected chi connectivity index (χ4v) is 3.06. The molecule has 0 fully saturated rings. The van der Waals surface area contributed by atoms with Crippen molar-refractivity contribution >= 4 is 28.8 Å². The molecular formula is C23H18N2O. The van der Waals surface area contributed by atoms with Gasteiger partial charge in [0.05, 0.1) is 12.5 Å². The van der Waals surface area contributed by atoms with Gasteiger partial charge in [-0.25, -0.2) is 0 Å². The maximum Gasteiger partial charge on any atom is 0.122 e. The Balaban J connectivity index is 1.87. The van der Waals surface area contributed by atoms with Crippen LogP contribution >= 0.6 is 0 Å². The summed E-state index contributed by atoms with van der Waals surface area (Å²) in [5, 5.41) is 9.86. The quantitative estimate of drug-likeness (QED) is 0.291. The van der Waals surface area contributed by atoms with Crippen LogP contribution < -0.4 is 5.73 Å². The summed E-state index contributed by atoms with van der Waals surface area (Å²) in [6.07, 6.45) is 7.61. The summed E-state index contributed by atoms with van der Waals surface area (Å²) in [6.45, 7) is 0. The van der Waals surface area contributed by atoms with Crippen molar-refractivity contribution in [2.75, 3.05) is 0 Å². The van der Waals surface area contributed by atoms with Gasteiger partial charge in [0.15, 0.2) is 0 Å². The van der Waals surface area contributed by atoms with Gasteiger partial charge in [-0.1, -0.05) is 54.6 Å². The Hall–Kier alpha value is -3.59. The molecule has 0 amide bonds. The van der Waals surface area contributed by atoms with E-state index >= 15 is 0 Å². The molecule has 3 aromatic carbocycles. The Morgan fingerprint density at radius 2 is 1.69 bits per heavy atom. The zero-order valence-corrected chi connectivity index (χ0v) is 14.1. The zero-order chi connectivity index (χ0) is 17.9. The van der Waals surface area contributed by atoms with Crippen molar-refractivity contribution in [1.82, 2.24) is 0 Å². The zero-order valence-electron chi connectivity index (χ0n) is 14.1. The topological polar surface area (TPSA) is 63.0 Å². The molecule has 3 heteroatoms. The summed E-state index contributed by atoms with van der Waals surface area (Å²) < 4.78 is 5.28. The number of hydrogen-bond donors (Lipinski definition) is 2. The normalized spacial score (nSPS) is 11.2. The molecule has 0 saturated heterocycles. The summed E-state index contributed by atoms with van der Waals surface area (Å²) in [5.41, 5.74) is 10.7. The van der Waals surface area contributed by atoms with E-state index in [-0.39, 0.29) is 5.84 Å². The maximum atomic E-state index is 7.71. The van der Waals surface area contributed by atoms with Gasteiger partial charge in [0.25, 0.3) is 0 Å². The number of nitrogen functional groups attached to an aromatic ring is 1. The standard InChI is InChI=1S/C23H18N2O/c24-23(25)19-9-8-18-12-17(7-6-16-4-2-1-3-5-16)13-21(22(18)14-19)20-10-11-26-15-20/h1-15H,(H3,24,25). The van der Waals surface area contributed by atoms with Crippen molar-refractivity contribution in [1.29, 1.82) is 5.41 Å². The predicted molar refractivity (Wildman–Crippen MR) is 108 cm³/mol. The third-order valence-corrected chi connectivity index (χ3v) is 4.39. The number of benzene rings is 3. The lowest BCUT2D eigenvalue weighted by Crippen LogP contribution is -2.10. The van der Waals surface area contributed by atoms with Crippen LogP contribution in [0.1, 0.15) is 16.7 Å². The van der Waals surface area contributed by atoms with E-state index in [2.05, 4.69) is 36.4 Å². The van der Waals surface area contributed by atoms with Gasteiger partial charge in [-0.05, 0) is 51.7 Å². The second-order valence-corrected chi connectivity index (χ2v) is 6.17. The lowest BCUT2D eigenvalue weighted by Gasteiger charge is -2.09. The average Bonchev–Trinajstić information content (AvgIpc) is 3.20. The third kappa shape index (κ3) is 3.15. The smallest absolute Gasteiger partial charge is 0.122 e. The highest BCUT2D eigenvalue weighted by molar-refractivity contribution is 6.04. The molecule has 3 N–H and O–H groups in total. The Morgan fingerprint density at radius 1 is 0.885 bits per heavy atom. The molecule has 0 unspecified atom stereocenters. The first-order chi connectivity index (χ1) is 12.7. The molecule has 26 heavy (non-hydrogen) atoms. The largest absolute Gasteiger partial charge is 0.472 e. The van der Waals surface area contributed by atoms with Gasteiger partial charge in [0, 0.05) is 11.1 Å². The molecule has 0 saturated carbocycles. The Bertz CT molecular complexity index is 1090. The van der Waals surface area contributed by atoms with Gasteiger partial charge in [-0.15, -0.1) is 0 Å². The SMILES string of the molecule is N=C(N)c1ccc2cc(C=Cc3ccccc3)cc(-c3ccoc3)c2c1. The van der Waals surface area contributed by atoms with Crippen molar-refractivity contribution in [2.24, 2.45) is 5.73 Å². The number of fused-ring (bicyclic) bond motifs is 1. The summed E-state index contributed by atoms with van der Waals surface area (Å²) in [5.74, 6) is 0.0677. The molecule has 0 aliphatic rings. The monoisotopic (exact) mass is 338 g/mol. The van der Waals surface area contributed by atoms with Gasteiger partial charge < -0.3 is 10.2 Å². The number of amidine groups is 1. The van der Waals surface area contributed by atoms with E-state index < -0.39 is 0 Å². The Morgan fingerprint density at radius 3 is 2.42 bits per heavy atom. The fourth-order valence-electron chi connectivity index (χ4n) is 3.06. The Labute approximate surface area is 151 Å². The maximum absolute atomic E-state index is 7.71. The summed E-state index contributed by atoms with van der Waals surface area (Å²) >= 11 is 0. The molecule has 0 aliphatic carbocycles. The molecule has 1 heterocycles. The van der Waals surface area contributed by atoms with Crippen molar-refractivity contribution in [3.8, 4) is 11.1 Å². The molecule has 4 rings (SSSR count). The van der Waals surface area contributed by atoms with Crippen LogP contribution in [-0.4, -0.2) is 5.84 Å². The van der Waals surface area contributed by atoms with Gasteiger partial charge in [-0.2, -0.15) is 0 Å². The molecule has 4 aromatic rings. The summed E-state index contributed by atoms with van der Waals surface area (Å²) in [4.78, 5) is 0. The molecular weight excluding hydrogens is 320 g/mol. The fraction of sp³-hybridized carbons (Fsp3) is 0. The first kappa shape index (κ1) is 15.9. The minimum atomic E-state index is 0.0677. The van der Waals surface area contributed by atoms with Gasteiger partial charge >= 0.3 is 0 Å². The van der Waals surface area contributed by atoms with Crippen LogP contribution in [0.3, 0.4) is 0 Å². The first-order valence-corrected chi connectivity index (χ1v) is 8.38. The van der Waals surface area contributed by atoms with Gasteiger partial charge in [0.1, 0.15) is 5.84 Å². The number of furan rings is 1. The van der Waals surface area contributed by atoms with Crippen LogP contribution in [0.25, 0.3) is 34.1 Å². The van der Waals surface area contributed by atoms with Crippen molar-refractivity contribution in [3.63, 3.8) is 0 Å². The van der Waals surface area contributed by atoms with Crippen LogP contribution in [0.5, 0.6) is 0 Å². The van der Waals surface area contributed by atoms with E-state index in [9.17, 15) is 0 Å². The second-order valence-electron chi connectivity index (χ2n) is 6.17. The molecule has 0 aliphatic heterocycles. The van der Waals surface area contributed by atoms with E-state index in [0.29, 0.717) is 0 Å². The number of hydrogen-bond acceptors (Lipinski definition) is 2. The third-order valence-electron chi connectivity index (χ3n) is 4.39. The minimum Gasteiger partial charge on any atom is -0.472 e. The summed E-state index contributed by atoms with van der Waals surface area (Å²) in [6, 6.07) is 22.3. The number of rotatable bonds is 4. The molecule has 0 atom stereocenters. The van der Waals surface area contributed by atoms with Crippen molar-refractivity contribution in [2.45, 2.75) is 0 Å². The molecule has 0 bridgehead atoms. The predicted octanol–water partition coefficient (Wildman–Crippen LogP) is 5.55. The lowest BCUT2D eigenvalue weighted by molar-refractivity contribution is 0.568. The van der Waals surface area contributed by atoms with E-state index in [1.165, 1.54) is 0 Å². The van der Waals surface area contributed by atoms with Crippen molar-refractivity contribution in [3.05, 3.63) is 95.9 Å². The van der Waals surface area contributed by atoms with Crippen LogP contribution in [0.4, 0.5) is 0 Å². The van der Waals surface area contributed by atoms with Crippen molar-refractivity contribution < 1.29 is 4.42 Å². The van der Waals surface area contributed by atoms with E-state index in [4.69, 9.17) is 15.6 Å². The van der Waals surface area contributed by atoms with Crippen LogP contribution in [-0.2, 0) is 0 Å². The van der Waals surface area contributed by atoms with E-state index in [1.54, 1.807) is 12.5 Å². The second kappa shape index (κ2) is 6.73. The Kier molecular flexibility index (Phi) is 4.12. The summed E-state index contributed by atoms with van der Waals surface area (Å²) in [7, 11) is 0.